The fourth-order valence-corrected chi connectivity index (χ4v) is 1.55. The van der Waals surface area contributed by atoms with Crippen molar-refractivity contribution in [3.63, 3.8) is 0 Å². The van der Waals surface area contributed by atoms with Crippen molar-refractivity contribution in [2.45, 2.75) is 31.6 Å². The highest BCUT2D eigenvalue weighted by molar-refractivity contribution is 5.64. The largest absolute Gasteiger partial charge is 0.449 e. The van der Waals surface area contributed by atoms with Crippen LogP contribution in [0.25, 0.3) is 0 Å². The highest BCUT2D eigenvalue weighted by atomic mass is 19.2. The van der Waals surface area contributed by atoms with E-state index in [9.17, 15) is 13.6 Å². The van der Waals surface area contributed by atoms with Crippen molar-refractivity contribution in [2.75, 3.05) is 6.61 Å². The first-order valence-corrected chi connectivity index (χ1v) is 4.31. The lowest BCUT2D eigenvalue weighted by Gasteiger charge is -2.27. The van der Waals surface area contributed by atoms with Crippen molar-refractivity contribution in [2.24, 2.45) is 11.7 Å². The second kappa shape index (κ2) is 4.39. The average Bonchev–Trinajstić information content (AvgIpc) is 2.07. The molecule has 3 atom stereocenters. The van der Waals surface area contributed by atoms with E-state index in [0.29, 0.717) is 12.8 Å². The summed E-state index contributed by atoms with van der Waals surface area (Å²) < 4.78 is 30.3. The van der Waals surface area contributed by atoms with Crippen LogP contribution in [0.3, 0.4) is 0 Å². The van der Waals surface area contributed by atoms with Crippen LogP contribution in [-0.2, 0) is 4.74 Å². The summed E-state index contributed by atoms with van der Waals surface area (Å²) >= 11 is 0. The molecule has 1 saturated carbocycles. The van der Waals surface area contributed by atoms with Gasteiger partial charge in [-0.05, 0) is 19.3 Å². The minimum atomic E-state index is -1.52. The van der Waals surface area contributed by atoms with Crippen LogP contribution in [0, 0.1) is 5.92 Å². The van der Waals surface area contributed by atoms with Crippen molar-refractivity contribution in [1.29, 1.82) is 0 Å². The summed E-state index contributed by atoms with van der Waals surface area (Å²) in [5.74, 6) is -0.531. The molecule has 0 aromatic carbocycles. The van der Waals surface area contributed by atoms with E-state index < -0.39 is 24.4 Å². The summed E-state index contributed by atoms with van der Waals surface area (Å²) in [5.41, 5.74) is 4.71. The molecular weight excluding hydrogens is 180 g/mol. The van der Waals surface area contributed by atoms with Crippen LogP contribution in [0.15, 0.2) is 0 Å². The number of amides is 1. The van der Waals surface area contributed by atoms with E-state index in [-0.39, 0.29) is 13.0 Å². The Bertz CT molecular complexity index is 189. The lowest BCUT2D eigenvalue weighted by Crippen LogP contribution is -2.35. The van der Waals surface area contributed by atoms with E-state index >= 15 is 0 Å². The number of hydrogen-bond donors (Lipinski definition) is 1. The quantitative estimate of drug-likeness (QED) is 0.723. The van der Waals surface area contributed by atoms with Gasteiger partial charge in [-0.2, -0.15) is 0 Å². The molecule has 5 heteroatoms. The van der Waals surface area contributed by atoms with Crippen molar-refractivity contribution < 1.29 is 18.3 Å². The lowest BCUT2D eigenvalue weighted by molar-refractivity contribution is 0.0290. The maximum atomic E-state index is 13.1. The minimum Gasteiger partial charge on any atom is -0.449 e. The van der Waals surface area contributed by atoms with Gasteiger partial charge in [-0.3, -0.25) is 0 Å². The molecule has 0 radical (unpaired) electrons. The van der Waals surface area contributed by atoms with Gasteiger partial charge in [0.25, 0.3) is 0 Å². The van der Waals surface area contributed by atoms with Crippen LogP contribution in [0.4, 0.5) is 13.6 Å². The third-order valence-corrected chi connectivity index (χ3v) is 2.29. The van der Waals surface area contributed by atoms with Crippen molar-refractivity contribution >= 4 is 6.09 Å². The van der Waals surface area contributed by atoms with E-state index in [2.05, 4.69) is 4.74 Å². The summed E-state index contributed by atoms with van der Waals surface area (Å²) in [6.45, 7) is -0.114. The van der Waals surface area contributed by atoms with Crippen LogP contribution < -0.4 is 5.73 Å². The maximum absolute atomic E-state index is 13.1. The molecule has 1 fully saturated rings. The molecule has 0 aliphatic heterocycles. The molecule has 0 heterocycles. The van der Waals surface area contributed by atoms with Crippen molar-refractivity contribution in [1.82, 2.24) is 0 Å². The zero-order chi connectivity index (χ0) is 9.84. The van der Waals surface area contributed by atoms with Gasteiger partial charge >= 0.3 is 6.09 Å². The Morgan fingerprint density at radius 2 is 2.15 bits per heavy atom. The number of hydrogen-bond acceptors (Lipinski definition) is 2. The summed E-state index contributed by atoms with van der Waals surface area (Å²) in [5, 5.41) is 0. The average molecular weight is 193 g/mol. The number of carbonyl (C=O) groups is 1. The summed E-state index contributed by atoms with van der Waals surface area (Å²) in [6.07, 6.45) is -2.44. The second-order valence-electron chi connectivity index (χ2n) is 3.28. The summed E-state index contributed by atoms with van der Waals surface area (Å²) in [4.78, 5) is 10.2. The number of ether oxygens (including phenoxy) is 1. The summed E-state index contributed by atoms with van der Waals surface area (Å²) in [6, 6.07) is 0. The first-order valence-electron chi connectivity index (χ1n) is 4.31. The van der Waals surface area contributed by atoms with E-state index in [4.69, 9.17) is 5.73 Å². The standard InChI is InChI=1S/C8H13F2NO2/c9-6-3-1-2-5(7(6)10)4-13-8(11)12/h5-7H,1-4H2,(H2,11,12). The van der Waals surface area contributed by atoms with Gasteiger partial charge in [0.05, 0.1) is 6.61 Å². The number of carbonyl (C=O) groups excluding carboxylic acids is 1. The third kappa shape index (κ3) is 2.82. The molecule has 13 heavy (non-hydrogen) atoms. The predicted molar refractivity (Wildman–Crippen MR) is 42.7 cm³/mol. The van der Waals surface area contributed by atoms with Gasteiger partial charge in [-0.15, -0.1) is 0 Å². The molecule has 1 aliphatic rings. The first-order chi connectivity index (χ1) is 6.11. The van der Waals surface area contributed by atoms with E-state index in [1.807, 2.05) is 0 Å². The van der Waals surface area contributed by atoms with Gasteiger partial charge in [0.2, 0.25) is 0 Å². The highest BCUT2D eigenvalue weighted by Crippen LogP contribution is 2.29. The summed E-state index contributed by atoms with van der Waals surface area (Å²) in [7, 11) is 0. The van der Waals surface area contributed by atoms with E-state index in [0.717, 1.165) is 0 Å². The van der Waals surface area contributed by atoms with Crippen LogP contribution in [0.1, 0.15) is 19.3 Å². The van der Waals surface area contributed by atoms with Gasteiger partial charge in [-0.1, -0.05) is 0 Å². The molecular formula is C8H13F2NO2. The van der Waals surface area contributed by atoms with Crippen LogP contribution >= 0.6 is 0 Å². The Balaban J connectivity index is 2.35. The monoisotopic (exact) mass is 193 g/mol. The molecule has 1 aliphatic carbocycles. The molecule has 0 saturated heterocycles. The predicted octanol–water partition coefficient (Wildman–Crippen LogP) is 1.56. The molecule has 0 bridgehead atoms. The van der Waals surface area contributed by atoms with E-state index in [1.165, 1.54) is 0 Å². The van der Waals surface area contributed by atoms with Crippen LogP contribution in [0.5, 0.6) is 0 Å². The number of rotatable bonds is 2. The fourth-order valence-electron chi connectivity index (χ4n) is 1.55. The molecule has 2 N–H and O–H groups in total. The Morgan fingerprint density at radius 1 is 1.46 bits per heavy atom. The number of alkyl halides is 2. The van der Waals surface area contributed by atoms with Gasteiger partial charge in [0.1, 0.15) is 12.3 Å². The Kier molecular flexibility index (Phi) is 3.45. The molecule has 1 rings (SSSR count). The van der Waals surface area contributed by atoms with Crippen molar-refractivity contribution in [3.8, 4) is 0 Å². The second-order valence-corrected chi connectivity index (χ2v) is 3.28. The SMILES string of the molecule is NC(=O)OCC1CCCC(F)C1F. The molecule has 3 unspecified atom stereocenters. The minimum absolute atomic E-state index is 0.114. The van der Waals surface area contributed by atoms with Gasteiger partial charge < -0.3 is 10.5 Å². The molecule has 0 aromatic heterocycles. The maximum Gasteiger partial charge on any atom is 0.404 e. The topological polar surface area (TPSA) is 52.3 Å². The molecule has 1 amide bonds. The van der Waals surface area contributed by atoms with Gasteiger partial charge in [0.15, 0.2) is 0 Å². The van der Waals surface area contributed by atoms with Gasteiger partial charge in [0, 0.05) is 5.92 Å². The molecule has 0 spiro atoms. The normalized spacial score (nSPS) is 34.2. The molecule has 76 valence electrons. The molecule has 0 aromatic rings. The number of primary amides is 1. The zero-order valence-corrected chi connectivity index (χ0v) is 7.21. The zero-order valence-electron chi connectivity index (χ0n) is 7.21. The van der Waals surface area contributed by atoms with E-state index in [1.54, 1.807) is 0 Å². The highest BCUT2D eigenvalue weighted by Gasteiger charge is 2.34. The first kappa shape index (κ1) is 10.2. The number of halogens is 2. The Hall–Kier alpha value is -0.870. The van der Waals surface area contributed by atoms with Crippen molar-refractivity contribution in [3.05, 3.63) is 0 Å². The fraction of sp³-hybridized carbons (Fsp3) is 0.875. The third-order valence-electron chi connectivity index (χ3n) is 2.29. The van der Waals surface area contributed by atoms with Gasteiger partial charge in [-0.25, -0.2) is 13.6 Å². The Morgan fingerprint density at radius 3 is 2.77 bits per heavy atom. The van der Waals surface area contributed by atoms with Crippen LogP contribution in [-0.4, -0.2) is 25.0 Å². The lowest BCUT2D eigenvalue weighted by atomic mass is 9.87. The molecule has 3 nitrogen and oxygen atoms in total. The smallest absolute Gasteiger partial charge is 0.404 e. The number of nitrogens with two attached hydrogens (primary N) is 1. The Labute approximate surface area is 75.2 Å². The van der Waals surface area contributed by atoms with Crippen LogP contribution in [0.2, 0.25) is 0 Å².